The van der Waals surface area contributed by atoms with Gasteiger partial charge in [-0.1, -0.05) is 12.1 Å². The van der Waals surface area contributed by atoms with Crippen molar-refractivity contribution in [2.45, 2.75) is 26.3 Å². The van der Waals surface area contributed by atoms with Crippen molar-refractivity contribution in [1.29, 1.82) is 0 Å². The first kappa shape index (κ1) is 14.1. The van der Waals surface area contributed by atoms with Gasteiger partial charge in [-0.3, -0.25) is 0 Å². The van der Waals surface area contributed by atoms with Crippen molar-refractivity contribution < 1.29 is 8.78 Å². The zero-order chi connectivity index (χ0) is 14.0. The summed E-state index contributed by atoms with van der Waals surface area (Å²) in [5, 5.41) is 5.94. The van der Waals surface area contributed by atoms with Crippen LogP contribution in [0.1, 0.15) is 27.9 Å². The Morgan fingerprint density at radius 2 is 2.00 bits per heavy atom. The zero-order valence-electron chi connectivity index (χ0n) is 11.1. The fourth-order valence-corrected chi connectivity index (χ4v) is 2.63. The second-order valence-corrected chi connectivity index (χ2v) is 5.57. The van der Waals surface area contributed by atoms with Crippen molar-refractivity contribution in [2.24, 2.45) is 0 Å². The molecule has 1 aromatic heterocycles. The smallest absolute Gasteiger partial charge is 0.163 e. The van der Waals surface area contributed by atoms with Crippen molar-refractivity contribution in [2.75, 3.05) is 7.05 Å². The molecule has 0 saturated heterocycles. The predicted molar refractivity (Wildman–Crippen MR) is 73.5 cm³/mol. The fraction of sp³-hybridized carbons (Fsp3) is 0.357. The van der Waals surface area contributed by atoms with E-state index in [1.807, 2.05) is 12.3 Å². The molecule has 0 aliphatic heterocycles. The van der Waals surface area contributed by atoms with Crippen molar-refractivity contribution in [3.05, 3.63) is 51.0 Å². The molecule has 2 nitrogen and oxygen atoms in total. The lowest BCUT2D eigenvalue weighted by Gasteiger charge is -2.17. The summed E-state index contributed by atoms with van der Waals surface area (Å²) < 4.78 is 27.6. The minimum absolute atomic E-state index is 0.281. The third kappa shape index (κ3) is 2.98. The van der Waals surface area contributed by atoms with Crippen LogP contribution < -0.4 is 5.32 Å². The fourth-order valence-electron chi connectivity index (χ4n) is 2.01. The van der Waals surface area contributed by atoms with Crippen molar-refractivity contribution >= 4 is 11.3 Å². The maximum atomic E-state index is 14.0. The summed E-state index contributed by atoms with van der Waals surface area (Å²) in [6.45, 7) is 3.48. The molecule has 1 aromatic carbocycles. The van der Waals surface area contributed by atoms with Crippen molar-refractivity contribution in [3.63, 3.8) is 0 Å². The topological polar surface area (TPSA) is 24.9 Å². The Hall–Kier alpha value is -1.33. The van der Waals surface area contributed by atoms with Gasteiger partial charge in [0.25, 0.3) is 0 Å². The van der Waals surface area contributed by atoms with Crippen LogP contribution in [-0.4, -0.2) is 12.0 Å². The third-order valence-electron chi connectivity index (χ3n) is 3.11. The quantitative estimate of drug-likeness (QED) is 0.927. The van der Waals surface area contributed by atoms with E-state index in [4.69, 9.17) is 0 Å². The molecule has 0 radical (unpaired) electrons. The Morgan fingerprint density at radius 1 is 1.26 bits per heavy atom. The molecule has 19 heavy (non-hydrogen) atoms. The second kappa shape index (κ2) is 5.75. The van der Waals surface area contributed by atoms with E-state index in [-0.39, 0.29) is 6.04 Å². The average molecular weight is 282 g/mol. The predicted octanol–water partition coefficient (Wildman–Crippen LogP) is 3.54. The SMILES string of the molecule is CNC(Cc1csc(C)n1)c1ccc(C)c(F)c1F. The number of nitrogens with one attached hydrogen (secondary N) is 1. The first-order valence-corrected chi connectivity index (χ1v) is 6.93. The van der Waals surface area contributed by atoms with Crippen LogP contribution in [0.25, 0.3) is 0 Å². The molecule has 1 N–H and O–H groups in total. The Labute approximate surface area is 115 Å². The molecule has 5 heteroatoms. The molecule has 0 aliphatic carbocycles. The van der Waals surface area contributed by atoms with Gasteiger partial charge in [-0.15, -0.1) is 11.3 Å². The highest BCUT2D eigenvalue weighted by molar-refractivity contribution is 7.09. The summed E-state index contributed by atoms with van der Waals surface area (Å²) in [5.74, 6) is -1.54. The molecule has 0 amide bonds. The molecule has 1 atom stereocenters. The molecule has 102 valence electrons. The van der Waals surface area contributed by atoms with Gasteiger partial charge in [-0.25, -0.2) is 13.8 Å². The molecule has 2 rings (SSSR count). The molecule has 1 heterocycles. The van der Waals surface area contributed by atoms with Crippen molar-refractivity contribution in [3.8, 4) is 0 Å². The van der Waals surface area contributed by atoms with E-state index in [0.29, 0.717) is 17.5 Å². The van der Waals surface area contributed by atoms with Gasteiger partial charge in [0.15, 0.2) is 11.6 Å². The van der Waals surface area contributed by atoms with E-state index in [9.17, 15) is 8.78 Å². The minimum Gasteiger partial charge on any atom is -0.313 e. The first-order chi connectivity index (χ1) is 9.02. The van der Waals surface area contributed by atoms with Crippen LogP contribution in [0.4, 0.5) is 8.78 Å². The number of rotatable bonds is 4. The summed E-state index contributed by atoms with van der Waals surface area (Å²) in [5.41, 5.74) is 1.55. The number of aryl methyl sites for hydroxylation is 2. The Bertz CT molecular complexity index is 581. The largest absolute Gasteiger partial charge is 0.313 e. The Balaban J connectivity index is 2.29. The Morgan fingerprint density at radius 3 is 2.58 bits per heavy atom. The third-order valence-corrected chi connectivity index (χ3v) is 3.93. The molecule has 0 bridgehead atoms. The van der Waals surface area contributed by atoms with E-state index in [1.165, 1.54) is 0 Å². The molecule has 2 aromatic rings. The molecule has 1 unspecified atom stereocenters. The highest BCUT2D eigenvalue weighted by Gasteiger charge is 2.19. The highest BCUT2D eigenvalue weighted by Crippen LogP contribution is 2.24. The standard InChI is InChI=1S/C14H16F2N2S/c1-8-4-5-11(14(16)13(8)15)12(17-3)6-10-7-19-9(2)18-10/h4-5,7,12,17H,6H2,1-3H3. The van der Waals surface area contributed by atoms with E-state index < -0.39 is 11.6 Å². The van der Waals surface area contributed by atoms with Gasteiger partial charge < -0.3 is 5.32 Å². The summed E-state index contributed by atoms with van der Waals surface area (Å²) in [6.07, 6.45) is 0.542. The van der Waals surface area contributed by atoms with Gasteiger partial charge in [-0.2, -0.15) is 0 Å². The number of hydrogen-bond donors (Lipinski definition) is 1. The zero-order valence-corrected chi connectivity index (χ0v) is 11.9. The normalized spacial score (nSPS) is 12.7. The molecule has 0 saturated carbocycles. The molecular weight excluding hydrogens is 266 g/mol. The number of aromatic nitrogens is 1. The van der Waals surface area contributed by atoms with Crippen LogP contribution in [0, 0.1) is 25.5 Å². The minimum atomic E-state index is -0.772. The number of nitrogens with zero attached hydrogens (tertiary/aromatic N) is 1. The molecule has 0 aliphatic rings. The van der Waals surface area contributed by atoms with Gasteiger partial charge in [0.05, 0.1) is 10.7 Å². The second-order valence-electron chi connectivity index (χ2n) is 4.50. The molecule has 0 fully saturated rings. The van der Waals surface area contributed by atoms with Gasteiger partial charge in [-0.05, 0) is 26.5 Å². The maximum absolute atomic E-state index is 14.0. The van der Waals surface area contributed by atoms with E-state index in [1.54, 1.807) is 37.4 Å². The summed E-state index contributed by atoms with van der Waals surface area (Å²) in [6, 6.07) is 2.95. The van der Waals surface area contributed by atoms with Crippen LogP contribution in [0.15, 0.2) is 17.5 Å². The monoisotopic (exact) mass is 282 g/mol. The van der Waals surface area contributed by atoms with E-state index >= 15 is 0 Å². The van der Waals surface area contributed by atoms with E-state index in [2.05, 4.69) is 10.3 Å². The number of halogens is 2. The highest BCUT2D eigenvalue weighted by atomic mass is 32.1. The van der Waals surface area contributed by atoms with Gasteiger partial charge in [0.1, 0.15) is 0 Å². The first-order valence-electron chi connectivity index (χ1n) is 6.05. The van der Waals surface area contributed by atoms with Crippen LogP contribution in [0.2, 0.25) is 0 Å². The molecular formula is C14H16F2N2S. The maximum Gasteiger partial charge on any atom is 0.163 e. The van der Waals surface area contributed by atoms with Crippen LogP contribution >= 0.6 is 11.3 Å². The van der Waals surface area contributed by atoms with Gasteiger partial charge in [0, 0.05) is 23.4 Å². The lowest BCUT2D eigenvalue weighted by Crippen LogP contribution is -2.21. The van der Waals surface area contributed by atoms with E-state index in [0.717, 1.165) is 10.7 Å². The lowest BCUT2D eigenvalue weighted by molar-refractivity contribution is 0.468. The van der Waals surface area contributed by atoms with Crippen LogP contribution in [0.3, 0.4) is 0 Å². The number of hydrogen-bond acceptors (Lipinski definition) is 3. The Kier molecular flexibility index (Phi) is 4.27. The summed E-state index contributed by atoms with van der Waals surface area (Å²) in [7, 11) is 1.74. The lowest BCUT2D eigenvalue weighted by atomic mass is 10.00. The van der Waals surface area contributed by atoms with Gasteiger partial charge >= 0.3 is 0 Å². The van der Waals surface area contributed by atoms with Crippen LogP contribution in [0.5, 0.6) is 0 Å². The number of thiazole rings is 1. The summed E-state index contributed by atoms with van der Waals surface area (Å²) >= 11 is 1.56. The van der Waals surface area contributed by atoms with Crippen molar-refractivity contribution in [1.82, 2.24) is 10.3 Å². The number of likely N-dealkylation sites (N-methyl/N-ethyl adjacent to an activating group) is 1. The van der Waals surface area contributed by atoms with Crippen LogP contribution in [-0.2, 0) is 6.42 Å². The van der Waals surface area contributed by atoms with Gasteiger partial charge in [0.2, 0.25) is 0 Å². The summed E-state index contributed by atoms with van der Waals surface area (Å²) in [4.78, 5) is 4.36. The molecule has 0 spiro atoms. The number of benzene rings is 1. The average Bonchev–Trinajstić information content (AvgIpc) is 2.80.